The molecular weight excluding hydrogens is 290 g/mol. The number of rotatable bonds is 2. The molecule has 126 valence electrons. The maximum absolute atomic E-state index is 12.1. The van der Waals surface area contributed by atoms with Crippen LogP contribution in [0.1, 0.15) is 50.7 Å². The van der Waals surface area contributed by atoms with Crippen LogP contribution in [0.25, 0.3) is 0 Å². The Morgan fingerprint density at radius 1 is 1.22 bits per heavy atom. The van der Waals surface area contributed by atoms with Gasteiger partial charge in [0, 0.05) is 32.4 Å². The molecule has 2 fully saturated rings. The Morgan fingerprint density at radius 3 is 2.39 bits per heavy atom. The van der Waals surface area contributed by atoms with Gasteiger partial charge in [-0.2, -0.15) is 0 Å². The van der Waals surface area contributed by atoms with Gasteiger partial charge in [0.15, 0.2) is 0 Å². The number of nitrogens with zero attached hydrogens (tertiary/aromatic N) is 3. The summed E-state index contributed by atoms with van der Waals surface area (Å²) in [7, 11) is 0. The number of aryl methyl sites for hydroxylation is 1. The molecule has 2 aliphatic rings. The fraction of sp³-hybridized carbons (Fsp3) is 0.667. The minimum absolute atomic E-state index is 0.217. The highest BCUT2D eigenvalue weighted by atomic mass is 16.6. The third-order valence-corrected chi connectivity index (χ3v) is 4.35. The number of carbonyl (C=O) groups excluding carboxylic acids is 1. The van der Waals surface area contributed by atoms with Crippen molar-refractivity contribution in [1.82, 2.24) is 9.88 Å². The van der Waals surface area contributed by atoms with E-state index in [1.54, 1.807) is 4.90 Å². The zero-order chi connectivity index (χ0) is 16.6. The normalized spacial score (nSPS) is 19.0. The van der Waals surface area contributed by atoms with Crippen molar-refractivity contribution >= 4 is 11.9 Å². The molecule has 1 saturated carbocycles. The van der Waals surface area contributed by atoms with E-state index < -0.39 is 5.60 Å². The lowest BCUT2D eigenvalue weighted by atomic mass is 10.1. The van der Waals surface area contributed by atoms with Gasteiger partial charge in [-0.25, -0.2) is 9.78 Å². The lowest BCUT2D eigenvalue weighted by Crippen LogP contribution is -2.50. The van der Waals surface area contributed by atoms with Gasteiger partial charge in [0.2, 0.25) is 0 Å². The number of hydrogen-bond donors (Lipinski definition) is 0. The summed E-state index contributed by atoms with van der Waals surface area (Å²) in [5.74, 6) is 1.79. The number of ether oxygens (including phenoxy) is 1. The summed E-state index contributed by atoms with van der Waals surface area (Å²) < 4.78 is 5.44. The van der Waals surface area contributed by atoms with E-state index in [0.717, 1.165) is 24.8 Å². The molecule has 0 bridgehead atoms. The van der Waals surface area contributed by atoms with Gasteiger partial charge in [0.25, 0.3) is 0 Å². The third kappa shape index (κ3) is 3.95. The van der Waals surface area contributed by atoms with Crippen LogP contribution in [-0.4, -0.2) is 47.8 Å². The van der Waals surface area contributed by atoms with Crippen molar-refractivity contribution < 1.29 is 9.53 Å². The van der Waals surface area contributed by atoms with E-state index in [4.69, 9.17) is 4.74 Å². The van der Waals surface area contributed by atoms with Crippen LogP contribution in [0.3, 0.4) is 0 Å². The van der Waals surface area contributed by atoms with E-state index in [1.807, 2.05) is 27.0 Å². The smallest absolute Gasteiger partial charge is 0.410 e. The van der Waals surface area contributed by atoms with Crippen LogP contribution in [0.2, 0.25) is 0 Å². The van der Waals surface area contributed by atoms with Crippen molar-refractivity contribution in [1.29, 1.82) is 0 Å². The maximum atomic E-state index is 12.1. The number of amides is 1. The van der Waals surface area contributed by atoms with E-state index in [0.29, 0.717) is 13.1 Å². The topological polar surface area (TPSA) is 45.7 Å². The molecule has 0 atom stereocenters. The molecule has 23 heavy (non-hydrogen) atoms. The minimum atomic E-state index is -0.439. The van der Waals surface area contributed by atoms with Gasteiger partial charge >= 0.3 is 6.09 Å². The molecule has 1 aromatic rings. The highest BCUT2D eigenvalue weighted by Gasteiger charge is 2.28. The first-order valence-electron chi connectivity index (χ1n) is 8.53. The summed E-state index contributed by atoms with van der Waals surface area (Å²) in [4.78, 5) is 20.9. The minimum Gasteiger partial charge on any atom is -0.444 e. The quantitative estimate of drug-likeness (QED) is 0.839. The molecule has 1 aliphatic carbocycles. The molecule has 1 aromatic heterocycles. The Hall–Kier alpha value is -1.78. The highest BCUT2D eigenvalue weighted by molar-refractivity contribution is 5.68. The van der Waals surface area contributed by atoms with Crippen LogP contribution >= 0.6 is 0 Å². The Kier molecular flexibility index (Phi) is 4.21. The Balaban J connectivity index is 1.59. The van der Waals surface area contributed by atoms with E-state index in [2.05, 4.69) is 22.9 Å². The first-order valence-corrected chi connectivity index (χ1v) is 8.53. The number of piperazine rings is 1. The van der Waals surface area contributed by atoms with Crippen molar-refractivity contribution in [3.63, 3.8) is 0 Å². The highest BCUT2D eigenvalue weighted by Crippen LogP contribution is 2.40. The molecule has 2 heterocycles. The molecular formula is C18H27N3O2. The fourth-order valence-corrected chi connectivity index (χ4v) is 2.99. The molecule has 5 nitrogen and oxygen atoms in total. The number of hydrogen-bond acceptors (Lipinski definition) is 4. The molecule has 0 radical (unpaired) electrons. The second kappa shape index (κ2) is 6.02. The van der Waals surface area contributed by atoms with E-state index in [9.17, 15) is 4.79 Å². The lowest BCUT2D eigenvalue weighted by molar-refractivity contribution is 0.0240. The Labute approximate surface area is 138 Å². The average molecular weight is 317 g/mol. The summed E-state index contributed by atoms with van der Waals surface area (Å²) in [5.41, 5.74) is 2.17. The van der Waals surface area contributed by atoms with Gasteiger partial charge in [-0.05, 0) is 57.6 Å². The van der Waals surface area contributed by atoms with Crippen molar-refractivity contribution in [2.24, 2.45) is 0 Å². The molecule has 0 unspecified atom stereocenters. The second-order valence-electron chi connectivity index (χ2n) is 7.64. The maximum Gasteiger partial charge on any atom is 0.410 e. The molecule has 1 saturated heterocycles. The van der Waals surface area contributed by atoms with Gasteiger partial charge in [-0.15, -0.1) is 0 Å². The van der Waals surface area contributed by atoms with Gasteiger partial charge in [-0.1, -0.05) is 6.07 Å². The van der Waals surface area contributed by atoms with Crippen LogP contribution in [-0.2, 0) is 4.74 Å². The molecule has 3 rings (SSSR count). The zero-order valence-corrected chi connectivity index (χ0v) is 14.6. The van der Waals surface area contributed by atoms with Gasteiger partial charge in [0.05, 0.1) is 0 Å². The standard InChI is InChI=1S/C18H27N3O2/c1-13-11-15(14-5-6-14)12-19-16(13)20-7-9-21(10-8-20)17(22)23-18(2,3)4/h11-12,14H,5-10H2,1-4H3. The van der Waals surface area contributed by atoms with E-state index in [-0.39, 0.29) is 6.09 Å². The molecule has 5 heteroatoms. The van der Waals surface area contributed by atoms with Crippen LogP contribution < -0.4 is 4.90 Å². The predicted octanol–water partition coefficient (Wildman–Crippen LogP) is 3.32. The molecule has 1 amide bonds. The van der Waals surface area contributed by atoms with Crippen molar-refractivity contribution in [3.05, 3.63) is 23.4 Å². The molecule has 0 aromatic carbocycles. The molecule has 0 N–H and O–H groups in total. The van der Waals surface area contributed by atoms with Crippen molar-refractivity contribution in [2.75, 3.05) is 31.1 Å². The van der Waals surface area contributed by atoms with Crippen LogP contribution in [0, 0.1) is 6.92 Å². The SMILES string of the molecule is Cc1cc(C2CC2)cnc1N1CCN(C(=O)OC(C)(C)C)CC1. The zero-order valence-electron chi connectivity index (χ0n) is 14.6. The summed E-state index contributed by atoms with van der Waals surface area (Å²) in [6, 6.07) is 2.28. The third-order valence-electron chi connectivity index (χ3n) is 4.35. The fourth-order valence-electron chi connectivity index (χ4n) is 2.99. The van der Waals surface area contributed by atoms with Gasteiger partial charge in [-0.3, -0.25) is 0 Å². The second-order valence-corrected chi connectivity index (χ2v) is 7.64. The van der Waals surface area contributed by atoms with Gasteiger partial charge < -0.3 is 14.5 Å². The summed E-state index contributed by atoms with van der Waals surface area (Å²) in [5, 5.41) is 0. The first-order chi connectivity index (χ1) is 10.8. The monoisotopic (exact) mass is 317 g/mol. The number of pyridine rings is 1. The Morgan fingerprint density at radius 2 is 1.87 bits per heavy atom. The van der Waals surface area contributed by atoms with Crippen molar-refractivity contribution in [2.45, 2.75) is 52.1 Å². The van der Waals surface area contributed by atoms with Crippen LogP contribution in [0.5, 0.6) is 0 Å². The van der Waals surface area contributed by atoms with Crippen molar-refractivity contribution in [3.8, 4) is 0 Å². The summed E-state index contributed by atoms with van der Waals surface area (Å²) in [6.07, 6.45) is 4.41. The van der Waals surface area contributed by atoms with Crippen LogP contribution in [0.4, 0.5) is 10.6 Å². The number of carbonyl (C=O) groups is 1. The average Bonchev–Trinajstić information content (AvgIpc) is 3.30. The number of aromatic nitrogens is 1. The number of anilines is 1. The van der Waals surface area contributed by atoms with Gasteiger partial charge in [0.1, 0.15) is 11.4 Å². The summed E-state index contributed by atoms with van der Waals surface area (Å²) >= 11 is 0. The van der Waals surface area contributed by atoms with E-state index >= 15 is 0 Å². The predicted molar refractivity (Wildman–Crippen MR) is 91.0 cm³/mol. The molecule has 1 aliphatic heterocycles. The lowest BCUT2D eigenvalue weighted by Gasteiger charge is -2.36. The van der Waals surface area contributed by atoms with Crippen LogP contribution in [0.15, 0.2) is 12.3 Å². The van der Waals surface area contributed by atoms with E-state index in [1.165, 1.54) is 24.0 Å². The summed E-state index contributed by atoms with van der Waals surface area (Å²) in [6.45, 7) is 10.8. The largest absolute Gasteiger partial charge is 0.444 e. The first kappa shape index (κ1) is 16.1. The molecule has 0 spiro atoms. The Bertz CT molecular complexity index is 582.